The lowest BCUT2D eigenvalue weighted by Gasteiger charge is -2.40. The zero-order valence-corrected chi connectivity index (χ0v) is 13.3. The van der Waals surface area contributed by atoms with Crippen molar-refractivity contribution in [1.29, 1.82) is 0 Å². The van der Waals surface area contributed by atoms with Crippen molar-refractivity contribution in [2.24, 2.45) is 0 Å². The Kier molecular flexibility index (Phi) is 3.42. The average molecular weight is 303 g/mol. The van der Waals surface area contributed by atoms with E-state index in [-0.39, 0.29) is 11.4 Å². The van der Waals surface area contributed by atoms with Gasteiger partial charge in [-0.05, 0) is 43.8 Å². The van der Waals surface area contributed by atoms with E-state index in [1.807, 2.05) is 25.3 Å². The van der Waals surface area contributed by atoms with Gasteiger partial charge in [0, 0.05) is 24.2 Å². The Hall–Kier alpha value is -1.58. The lowest BCUT2D eigenvalue weighted by molar-refractivity contribution is -0.124. The van der Waals surface area contributed by atoms with Gasteiger partial charge in [0.25, 0.3) is 5.91 Å². The van der Waals surface area contributed by atoms with E-state index in [0.717, 1.165) is 23.6 Å². The highest BCUT2D eigenvalue weighted by Crippen LogP contribution is 2.41. The molecule has 1 heterocycles. The molecular weight excluding hydrogens is 284 g/mol. The SMILES string of the molecule is CN1CC2=C(C=CC(c3ccc(Cl)cc3)(N(C)C)C2)C1=O. The molecule has 1 atom stereocenters. The second-order valence-electron chi connectivity index (χ2n) is 6.01. The van der Waals surface area contributed by atoms with E-state index in [4.69, 9.17) is 11.6 Å². The molecule has 1 aromatic rings. The van der Waals surface area contributed by atoms with Gasteiger partial charge in [0.15, 0.2) is 0 Å². The van der Waals surface area contributed by atoms with Gasteiger partial charge in [-0.1, -0.05) is 35.9 Å². The van der Waals surface area contributed by atoms with E-state index in [2.05, 4.69) is 37.2 Å². The lowest BCUT2D eigenvalue weighted by atomic mass is 9.78. The summed E-state index contributed by atoms with van der Waals surface area (Å²) in [5.74, 6) is 0.129. The van der Waals surface area contributed by atoms with Crippen molar-refractivity contribution in [3.63, 3.8) is 0 Å². The first-order chi connectivity index (χ1) is 9.94. The molecule has 3 nitrogen and oxygen atoms in total. The molecule has 0 radical (unpaired) electrons. The molecule has 1 unspecified atom stereocenters. The number of hydrogen-bond acceptors (Lipinski definition) is 2. The van der Waals surface area contributed by atoms with Crippen LogP contribution in [0.4, 0.5) is 0 Å². The van der Waals surface area contributed by atoms with Crippen LogP contribution in [0.25, 0.3) is 0 Å². The maximum Gasteiger partial charge on any atom is 0.253 e. The van der Waals surface area contributed by atoms with E-state index in [1.165, 1.54) is 11.1 Å². The molecule has 0 N–H and O–H groups in total. The highest BCUT2D eigenvalue weighted by atomic mass is 35.5. The molecule has 0 fully saturated rings. The fourth-order valence-corrected chi connectivity index (χ4v) is 3.37. The summed E-state index contributed by atoms with van der Waals surface area (Å²) >= 11 is 6.01. The number of carbonyl (C=O) groups excluding carboxylic acids is 1. The number of amides is 1. The summed E-state index contributed by atoms with van der Waals surface area (Å²) < 4.78 is 0. The van der Waals surface area contributed by atoms with Crippen LogP contribution in [-0.4, -0.2) is 43.4 Å². The summed E-state index contributed by atoms with van der Waals surface area (Å²) in [6.07, 6.45) is 4.97. The normalized spacial score (nSPS) is 25.0. The van der Waals surface area contributed by atoms with E-state index in [0.29, 0.717) is 0 Å². The zero-order chi connectivity index (χ0) is 15.2. The van der Waals surface area contributed by atoms with Crippen molar-refractivity contribution in [3.8, 4) is 0 Å². The quantitative estimate of drug-likeness (QED) is 0.839. The van der Waals surface area contributed by atoms with Gasteiger partial charge in [-0.2, -0.15) is 0 Å². The first-order valence-electron chi connectivity index (χ1n) is 7.04. The van der Waals surface area contributed by atoms with E-state index in [9.17, 15) is 4.79 Å². The number of likely N-dealkylation sites (N-methyl/N-ethyl adjacent to an activating group) is 2. The van der Waals surface area contributed by atoms with Gasteiger partial charge in [0.1, 0.15) is 0 Å². The van der Waals surface area contributed by atoms with Gasteiger partial charge in [-0.3, -0.25) is 9.69 Å². The highest BCUT2D eigenvalue weighted by molar-refractivity contribution is 6.30. The van der Waals surface area contributed by atoms with Crippen LogP contribution in [0.3, 0.4) is 0 Å². The minimum Gasteiger partial charge on any atom is -0.338 e. The van der Waals surface area contributed by atoms with E-state index in [1.54, 1.807) is 4.90 Å². The number of nitrogens with zero attached hydrogens (tertiary/aromatic N) is 2. The third-order valence-electron chi connectivity index (χ3n) is 4.54. The number of rotatable bonds is 2. The van der Waals surface area contributed by atoms with Gasteiger partial charge < -0.3 is 4.90 Å². The Morgan fingerprint density at radius 3 is 2.52 bits per heavy atom. The maximum atomic E-state index is 12.1. The monoisotopic (exact) mass is 302 g/mol. The first kappa shape index (κ1) is 14.4. The second-order valence-corrected chi connectivity index (χ2v) is 6.45. The largest absolute Gasteiger partial charge is 0.338 e. The molecule has 0 aromatic heterocycles. The summed E-state index contributed by atoms with van der Waals surface area (Å²) in [5.41, 5.74) is 3.06. The molecule has 110 valence electrons. The molecule has 1 amide bonds. The predicted octanol–water partition coefficient (Wildman–Crippen LogP) is 2.83. The molecule has 2 aliphatic rings. The van der Waals surface area contributed by atoms with Crippen molar-refractivity contribution in [1.82, 2.24) is 9.80 Å². The van der Waals surface area contributed by atoms with Crippen LogP contribution in [0.2, 0.25) is 5.02 Å². The highest BCUT2D eigenvalue weighted by Gasteiger charge is 2.40. The van der Waals surface area contributed by atoms with E-state index >= 15 is 0 Å². The third-order valence-corrected chi connectivity index (χ3v) is 4.79. The van der Waals surface area contributed by atoms with Crippen molar-refractivity contribution >= 4 is 17.5 Å². The van der Waals surface area contributed by atoms with Crippen LogP contribution >= 0.6 is 11.6 Å². The van der Waals surface area contributed by atoms with Gasteiger partial charge in [-0.25, -0.2) is 0 Å². The Bertz CT molecular complexity index is 645. The molecule has 3 rings (SSSR count). The van der Waals surface area contributed by atoms with Crippen molar-refractivity contribution in [2.45, 2.75) is 12.0 Å². The number of hydrogen-bond donors (Lipinski definition) is 0. The Morgan fingerprint density at radius 2 is 1.90 bits per heavy atom. The smallest absolute Gasteiger partial charge is 0.253 e. The summed E-state index contributed by atoms with van der Waals surface area (Å²) in [7, 11) is 6.00. The Labute approximate surface area is 130 Å². The molecule has 0 saturated carbocycles. The minimum absolute atomic E-state index is 0.129. The molecule has 0 saturated heterocycles. The lowest BCUT2D eigenvalue weighted by Crippen LogP contribution is -2.41. The maximum absolute atomic E-state index is 12.1. The molecule has 1 aliphatic heterocycles. The second kappa shape index (κ2) is 5.00. The van der Waals surface area contributed by atoms with Crippen LogP contribution in [0, 0.1) is 0 Å². The molecule has 0 bridgehead atoms. The van der Waals surface area contributed by atoms with Crippen LogP contribution in [-0.2, 0) is 10.3 Å². The Morgan fingerprint density at radius 1 is 1.24 bits per heavy atom. The van der Waals surface area contributed by atoms with Crippen molar-refractivity contribution in [3.05, 3.63) is 58.1 Å². The first-order valence-corrected chi connectivity index (χ1v) is 7.42. The molecule has 4 heteroatoms. The third kappa shape index (κ3) is 2.21. The van der Waals surface area contributed by atoms with Crippen LogP contribution in [0.5, 0.6) is 0 Å². The summed E-state index contributed by atoms with van der Waals surface area (Å²) in [6.45, 7) is 0.724. The number of halogens is 1. The topological polar surface area (TPSA) is 23.6 Å². The van der Waals surface area contributed by atoms with Crippen LogP contribution in [0.15, 0.2) is 47.6 Å². The van der Waals surface area contributed by atoms with Gasteiger partial charge in [-0.15, -0.1) is 0 Å². The van der Waals surface area contributed by atoms with Crippen molar-refractivity contribution < 1.29 is 4.79 Å². The number of carbonyl (C=O) groups is 1. The van der Waals surface area contributed by atoms with E-state index < -0.39 is 0 Å². The molecule has 1 aromatic carbocycles. The predicted molar refractivity (Wildman–Crippen MR) is 85.2 cm³/mol. The Balaban J connectivity index is 2.03. The summed E-state index contributed by atoms with van der Waals surface area (Å²) in [4.78, 5) is 16.1. The summed E-state index contributed by atoms with van der Waals surface area (Å²) in [6, 6.07) is 7.98. The van der Waals surface area contributed by atoms with Gasteiger partial charge in [0.2, 0.25) is 0 Å². The molecule has 0 spiro atoms. The molecular formula is C17H19ClN2O. The zero-order valence-electron chi connectivity index (χ0n) is 12.6. The molecule has 1 aliphatic carbocycles. The summed E-state index contributed by atoms with van der Waals surface area (Å²) in [5, 5.41) is 0.739. The standard InChI is InChI=1S/C17H19ClN2O/c1-19(2)17(13-4-6-14(18)7-5-13)9-8-15-12(10-17)11-20(3)16(15)21/h4-9H,10-11H2,1-3H3. The van der Waals surface area contributed by atoms with Crippen molar-refractivity contribution in [2.75, 3.05) is 27.7 Å². The molecule has 21 heavy (non-hydrogen) atoms. The van der Waals surface area contributed by atoms with Crippen LogP contribution < -0.4 is 0 Å². The fourth-order valence-electron chi connectivity index (χ4n) is 3.25. The van der Waals surface area contributed by atoms with Gasteiger partial charge >= 0.3 is 0 Å². The fraction of sp³-hybridized carbons (Fsp3) is 0.353. The van der Waals surface area contributed by atoms with Crippen LogP contribution in [0.1, 0.15) is 12.0 Å². The minimum atomic E-state index is -0.213. The average Bonchev–Trinajstić information content (AvgIpc) is 2.73. The van der Waals surface area contributed by atoms with Gasteiger partial charge in [0.05, 0.1) is 5.54 Å². The number of benzene rings is 1.